The molecule has 21 heavy (non-hydrogen) atoms. The summed E-state index contributed by atoms with van der Waals surface area (Å²) in [7, 11) is 0. The maximum atomic E-state index is 13.5. The summed E-state index contributed by atoms with van der Waals surface area (Å²) in [5, 5.41) is 2.51. The first-order chi connectivity index (χ1) is 9.54. The molecule has 0 aromatic carbocycles. The van der Waals surface area contributed by atoms with Crippen molar-refractivity contribution in [2.75, 3.05) is 6.61 Å². The SMILES string of the molecule is CCOC(=O)[C@H]1CC(F)(F)CC[C@@H]1NC(=O)OC(C)(C)C. The van der Waals surface area contributed by atoms with Crippen LogP contribution >= 0.6 is 0 Å². The summed E-state index contributed by atoms with van der Waals surface area (Å²) in [6.45, 7) is 6.81. The van der Waals surface area contributed by atoms with E-state index in [1.165, 1.54) is 0 Å². The molecule has 2 atom stereocenters. The van der Waals surface area contributed by atoms with Gasteiger partial charge in [0.1, 0.15) is 5.60 Å². The average molecular weight is 307 g/mol. The van der Waals surface area contributed by atoms with Crippen molar-refractivity contribution in [1.82, 2.24) is 5.32 Å². The van der Waals surface area contributed by atoms with Crippen LogP contribution in [0.2, 0.25) is 0 Å². The number of nitrogens with one attached hydrogen (secondary N) is 1. The molecule has 5 nitrogen and oxygen atoms in total. The molecule has 0 unspecified atom stereocenters. The molecular formula is C14H23F2NO4. The maximum absolute atomic E-state index is 13.5. The third-order valence-corrected chi connectivity index (χ3v) is 3.12. The smallest absolute Gasteiger partial charge is 0.407 e. The second-order valence-corrected chi connectivity index (χ2v) is 6.21. The summed E-state index contributed by atoms with van der Waals surface area (Å²) in [4.78, 5) is 23.6. The van der Waals surface area contributed by atoms with Gasteiger partial charge in [-0.2, -0.15) is 0 Å². The highest BCUT2D eigenvalue weighted by Crippen LogP contribution is 2.37. The Hall–Kier alpha value is -1.40. The van der Waals surface area contributed by atoms with E-state index < -0.39 is 42.0 Å². The van der Waals surface area contributed by atoms with Crippen molar-refractivity contribution in [2.45, 2.75) is 64.5 Å². The highest BCUT2D eigenvalue weighted by atomic mass is 19.3. The van der Waals surface area contributed by atoms with Gasteiger partial charge in [-0.1, -0.05) is 0 Å². The molecule has 1 aliphatic carbocycles. The molecule has 0 aromatic rings. The standard InChI is InChI=1S/C14H23F2NO4/c1-5-20-11(18)9-8-14(15,16)7-6-10(9)17-12(19)21-13(2,3)4/h9-10H,5-8H2,1-4H3,(H,17,19)/t9-,10-/m0/s1. The highest BCUT2D eigenvalue weighted by molar-refractivity contribution is 5.75. The van der Waals surface area contributed by atoms with Gasteiger partial charge in [0.15, 0.2) is 0 Å². The zero-order valence-electron chi connectivity index (χ0n) is 12.9. The molecule has 0 saturated heterocycles. The Balaban J connectivity index is 2.73. The largest absolute Gasteiger partial charge is 0.466 e. The van der Waals surface area contributed by atoms with Gasteiger partial charge in [-0.05, 0) is 34.1 Å². The molecular weight excluding hydrogens is 284 g/mol. The fourth-order valence-corrected chi connectivity index (χ4v) is 2.26. The minimum atomic E-state index is -2.91. The lowest BCUT2D eigenvalue weighted by Crippen LogP contribution is -2.50. The van der Waals surface area contributed by atoms with Crippen molar-refractivity contribution in [3.05, 3.63) is 0 Å². The summed E-state index contributed by atoms with van der Waals surface area (Å²) >= 11 is 0. The third kappa shape index (κ3) is 5.85. The van der Waals surface area contributed by atoms with Gasteiger partial charge in [0.05, 0.1) is 12.5 Å². The molecule has 7 heteroatoms. The first kappa shape index (κ1) is 17.7. The van der Waals surface area contributed by atoms with Crippen LogP contribution < -0.4 is 5.32 Å². The number of alkyl halides is 2. The molecule has 122 valence electrons. The van der Waals surface area contributed by atoms with Gasteiger partial charge in [0, 0.05) is 18.9 Å². The van der Waals surface area contributed by atoms with Crippen molar-refractivity contribution in [1.29, 1.82) is 0 Å². The molecule has 0 heterocycles. The van der Waals surface area contributed by atoms with Crippen LogP contribution in [-0.2, 0) is 14.3 Å². The first-order valence-electron chi connectivity index (χ1n) is 7.08. The molecule has 1 fully saturated rings. The van der Waals surface area contributed by atoms with E-state index in [1.807, 2.05) is 0 Å². The number of rotatable bonds is 3. The topological polar surface area (TPSA) is 64.6 Å². The quantitative estimate of drug-likeness (QED) is 0.814. The number of carbonyl (C=O) groups excluding carboxylic acids is 2. The zero-order chi connectivity index (χ0) is 16.3. The monoisotopic (exact) mass is 307 g/mol. The Labute approximate surface area is 123 Å². The zero-order valence-corrected chi connectivity index (χ0v) is 12.9. The predicted octanol–water partition coefficient (Wildman–Crippen LogP) is 2.88. The minimum Gasteiger partial charge on any atom is -0.466 e. The normalized spacial score (nSPS) is 25.0. The first-order valence-corrected chi connectivity index (χ1v) is 7.08. The highest BCUT2D eigenvalue weighted by Gasteiger charge is 2.46. The van der Waals surface area contributed by atoms with Crippen LogP contribution in [0.25, 0.3) is 0 Å². The Morgan fingerprint density at radius 1 is 1.33 bits per heavy atom. The van der Waals surface area contributed by atoms with Crippen LogP contribution in [0.5, 0.6) is 0 Å². The van der Waals surface area contributed by atoms with E-state index in [0.717, 1.165) is 0 Å². The summed E-state index contributed by atoms with van der Waals surface area (Å²) in [6, 6.07) is -0.696. The van der Waals surface area contributed by atoms with Crippen LogP contribution in [0, 0.1) is 5.92 Å². The lowest BCUT2D eigenvalue weighted by atomic mass is 9.82. The summed E-state index contributed by atoms with van der Waals surface area (Å²) in [5.41, 5.74) is -0.692. The van der Waals surface area contributed by atoms with Crippen LogP contribution in [-0.4, -0.2) is 36.2 Å². The van der Waals surface area contributed by atoms with Gasteiger partial charge in [-0.15, -0.1) is 0 Å². The van der Waals surface area contributed by atoms with Crippen LogP contribution in [0.1, 0.15) is 47.0 Å². The number of halogens is 2. The molecule has 0 bridgehead atoms. The van der Waals surface area contributed by atoms with E-state index in [4.69, 9.17) is 9.47 Å². The minimum absolute atomic E-state index is 0.00965. The molecule has 0 aliphatic heterocycles. The maximum Gasteiger partial charge on any atom is 0.407 e. The van der Waals surface area contributed by atoms with Gasteiger partial charge in [-0.3, -0.25) is 4.79 Å². The lowest BCUT2D eigenvalue weighted by Gasteiger charge is -2.35. The van der Waals surface area contributed by atoms with Crippen molar-refractivity contribution >= 4 is 12.1 Å². The number of carbonyl (C=O) groups is 2. The fraction of sp³-hybridized carbons (Fsp3) is 0.857. The Morgan fingerprint density at radius 3 is 2.48 bits per heavy atom. The Kier molecular flexibility index (Phi) is 5.53. The van der Waals surface area contributed by atoms with Crippen molar-refractivity contribution in [3.63, 3.8) is 0 Å². The number of amides is 1. The summed E-state index contributed by atoms with van der Waals surface area (Å²) < 4.78 is 36.9. The molecule has 0 spiro atoms. The molecule has 1 N–H and O–H groups in total. The molecule has 1 amide bonds. The second-order valence-electron chi connectivity index (χ2n) is 6.21. The molecule has 0 aromatic heterocycles. The number of esters is 1. The van der Waals surface area contributed by atoms with Crippen molar-refractivity contribution in [3.8, 4) is 0 Å². The summed E-state index contributed by atoms with van der Waals surface area (Å²) in [6.07, 6.45) is -1.70. The summed E-state index contributed by atoms with van der Waals surface area (Å²) in [5.74, 6) is -4.68. The predicted molar refractivity (Wildman–Crippen MR) is 72.1 cm³/mol. The van der Waals surface area contributed by atoms with E-state index in [1.54, 1.807) is 27.7 Å². The van der Waals surface area contributed by atoms with Gasteiger partial charge in [0.25, 0.3) is 0 Å². The fourth-order valence-electron chi connectivity index (χ4n) is 2.26. The van der Waals surface area contributed by atoms with Crippen LogP contribution in [0.4, 0.5) is 13.6 Å². The molecule has 1 rings (SSSR count). The van der Waals surface area contributed by atoms with Crippen molar-refractivity contribution in [2.24, 2.45) is 5.92 Å². The van der Waals surface area contributed by atoms with Gasteiger partial charge in [0.2, 0.25) is 5.92 Å². The van der Waals surface area contributed by atoms with E-state index in [-0.39, 0.29) is 19.4 Å². The lowest BCUT2D eigenvalue weighted by molar-refractivity contribution is -0.156. The third-order valence-electron chi connectivity index (χ3n) is 3.12. The van der Waals surface area contributed by atoms with Gasteiger partial charge >= 0.3 is 12.1 Å². The van der Waals surface area contributed by atoms with E-state index in [0.29, 0.717) is 0 Å². The molecule has 1 saturated carbocycles. The van der Waals surface area contributed by atoms with Crippen LogP contribution in [0.15, 0.2) is 0 Å². The number of ether oxygens (including phenoxy) is 2. The molecule has 0 radical (unpaired) electrons. The molecule has 1 aliphatic rings. The van der Waals surface area contributed by atoms with E-state index in [2.05, 4.69) is 5.32 Å². The van der Waals surface area contributed by atoms with E-state index >= 15 is 0 Å². The average Bonchev–Trinajstić information content (AvgIpc) is 2.29. The number of alkyl carbamates (subject to hydrolysis) is 1. The van der Waals surface area contributed by atoms with Gasteiger partial charge in [-0.25, -0.2) is 13.6 Å². The van der Waals surface area contributed by atoms with E-state index in [9.17, 15) is 18.4 Å². The van der Waals surface area contributed by atoms with Crippen LogP contribution in [0.3, 0.4) is 0 Å². The number of hydrogen-bond acceptors (Lipinski definition) is 4. The van der Waals surface area contributed by atoms with Gasteiger partial charge < -0.3 is 14.8 Å². The van der Waals surface area contributed by atoms with Crippen molar-refractivity contribution < 1.29 is 27.8 Å². The second kappa shape index (κ2) is 6.58. The number of hydrogen-bond donors (Lipinski definition) is 1. The Morgan fingerprint density at radius 2 is 1.95 bits per heavy atom. The Bertz CT molecular complexity index is 393.